The van der Waals surface area contributed by atoms with E-state index in [9.17, 15) is 0 Å². The zero-order valence-electron chi connectivity index (χ0n) is 4.97. The Morgan fingerprint density at radius 1 is 1.33 bits per heavy atom. The molecule has 0 aromatic heterocycles. The molecular weight excluding hydrogens is 223 g/mol. The topological polar surface area (TPSA) is 0 Å². The molecular formula is C8H7I. The quantitative estimate of drug-likeness (QED) is 0.650. The molecule has 1 heteroatoms. The molecule has 0 bridgehead atoms. The zero-order valence-corrected chi connectivity index (χ0v) is 7.13. The van der Waals surface area contributed by atoms with Gasteiger partial charge in [-0.2, -0.15) is 0 Å². The van der Waals surface area contributed by atoms with Crippen molar-refractivity contribution in [3.63, 3.8) is 0 Å². The lowest BCUT2D eigenvalue weighted by Crippen LogP contribution is -1.74. The molecule has 1 aromatic carbocycles. The SMILES string of the molecule is C=Cc1ccccc1I. The molecule has 0 aliphatic carbocycles. The molecule has 0 saturated carbocycles. The molecule has 0 nitrogen and oxygen atoms in total. The highest BCUT2D eigenvalue weighted by atomic mass is 127. The van der Waals surface area contributed by atoms with E-state index in [1.807, 2.05) is 18.2 Å². The van der Waals surface area contributed by atoms with Crippen LogP contribution in [0.2, 0.25) is 0 Å². The average molecular weight is 230 g/mol. The minimum absolute atomic E-state index is 1.21. The van der Waals surface area contributed by atoms with Crippen LogP contribution in [0.25, 0.3) is 6.08 Å². The molecule has 9 heavy (non-hydrogen) atoms. The molecule has 0 amide bonds. The fraction of sp³-hybridized carbons (Fsp3) is 0. The van der Waals surface area contributed by atoms with Crippen LogP contribution in [0, 0.1) is 3.57 Å². The van der Waals surface area contributed by atoms with E-state index in [0.29, 0.717) is 0 Å². The highest BCUT2D eigenvalue weighted by Gasteiger charge is 1.88. The van der Waals surface area contributed by atoms with Gasteiger partial charge in [-0.1, -0.05) is 30.9 Å². The van der Waals surface area contributed by atoms with Crippen molar-refractivity contribution >= 4 is 28.7 Å². The number of rotatable bonds is 1. The minimum Gasteiger partial charge on any atom is -0.0984 e. The Bertz CT molecular complexity index is 216. The van der Waals surface area contributed by atoms with Gasteiger partial charge in [0.2, 0.25) is 0 Å². The fourth-order valence-corrected chi connectivity index (χ4v) is 1.25. The van der Waals surface area contributed by atoms with Crippen LogP contribution in [-0.2, 0) is 0 Å². The molecule has 0 unspecified atom stereocenters. The van der Waals surface area contributed by atoms with Crippen molar-refractivity contribution in [3.8, 4) is 0 Å². The van der Waals surface area contributed by atoms with Gasteiger partial charge in [-0.3, -0.25) is 0 Å². The molecule has 0 N–H and O–H groups in total. The lowest BCUT2D eigenvalue weighted by molar-refractivity contribution is 1.60. The second-order valence-corrected chi connectivity index (χ2v) is 2.89. The smallest absolute Gasteiger partial charge is 0.0202 e. The summed E-state index contributed by atoms with van der Waals surface area (Å²) in [5, 5.41) is 0. The predicted octanol–water partition coefficient (Wildman–Crippen LogP) is 2.93. The van der Waals surface area contributed by atoms with Crippen LogP contribution >= 0.6 is 22.6 Å². The monoisotopic (exact) mass is 230 g/mol. The molecule has 0 radical (unpaired) electrons. The maximum Gasteiger partial charge on any atom is 0.0202 e. The van der Waals surface area contributed by atoms with Gasteiger partial charge in [0.25, 0.3) is 0 Å². The Morgan fingerprint density at radius 3 is 2.44 bits per heavy atom. The third kappa shape index (κ3) is 1.55. The Balaban J connectivity index is 3.15. The zero-order chi connectivity index (χ0) is 6.69. The molecule has 0 aliphatic heterocycles. The summed E-state index contributed by atoms with van der Waals surface area (Å²) in [5.74, 6) is 0. The van der Waals surface area contributed by atoms with Crippen LogP contribution in [0.1, 0.15) is 5.56 Å². The van der Waals surface area contributed by atoms with Gasteiger partial charge in [-0.25, -0.2) is 0 Å². The minimum atomic E-state index is 1.21. The molecule has 1 aromatic rings. The fourth-order valence-electron chi connectivity index (χ4n) is 0.641. The van der Waals surface area contributed by atoms with Gasteiger partial charge in [0.05, 0.1) is 0 Å². The largest absolute Gasteiger partial charge is 0.0984 e. The second-order valence-electron chi connectivity index (χ2n) is 1.73. The molecule has 0 atom stereocenters. The van der Waals surface area contributed by atoms with Crippen LogP contribution in [0.3, 0.4) is 0 Å². The Morgan fingerprint density at radius 2 is 2.00 bits per heavy atom. The summed E-state index contributed by atoms with van der Waals surface area (Å²) in [4.78, 5) is 0. The van der Waals surface area contributed by atoms with Crippen molar-refractivity contribution in [1.82, 2.24) is 0 Å². The lowest BCUT2D eigenvalue weighted by Gasteiger charge is -1.93. The van der Waals surface area contributed by atoms with Crippen LogP contribution in [0.4, 0.5) is 0 Å². The van der Waals surface area contributed by atoms with Gasteiger partial charge in [0.1, 0.15) is 0 Å². The molecule has 0 saturated heterocycles. The second kappa shape index (κ2) is 3.01. The van der Waals surface area contributed by atoms with Gasteiger partial charge in [0.15, 0.2) is 0 Å². The van der Waals surface area contributed by atoms with Crippen LogP contribution in [-0.4, -0.2) is 0 Å². The van der Waals surface area contributed by atoms with Crippen molar-refractivity contribution < 1.29 is 0 Å². The van der Waals surface area contributed by atoms with E-state index in [1.165, 1.54) is 9.13 Å². The summed E-state index contributed by atoms with van der Waals surface area (Å²) in [7, 11) is 0. The van der Waals surface area contributed by atoms with Gasteiger partial charge in [-0.05, 0) is 34.2 Å². The molecule has 0 heterocycles. The van der Waals surface area contributed by atoms with Gasteiger partial charge < -0.3 is 0 Å². The molecule has 0 aliphatic rings. The van der Waals surface area contributed by atoms with E-state index in [-0.39, 0.29) is 0 Å². The Labute approximate surface area is 68.7 Å². The Kier molecular flexibility index (Phi) is 2.28. The van der Waals surface area contributed by atoms with Crippen molar-refractivity contribution in [1.29, 1.82) is 0 Å². The number of halogens is 1. The normalized spacial score (nSPS) is 9.00. The maximum atomic E-state index is 3.69. The standard InChI is InChI=1S/C8H7I/c1-2-7-5-3-4-6-8(7)9/h2-6H,1H2. The van der Waals surface area contributed by atoms with Crippen molar-refractivity contribution in [2.45, 2.75) is 0 Å². The van der Waals surface area contributed by atoms with E-state index >= 15 is 0 Å². The summed E-state index contributed by atoms with van der Waals surface area (Å²) in [6, 6.07) is 8.15. The summed E-state index contributed by atoms with van der Waals surface area (Å²) < 4.78 is 1.25. The molecule has 1 rings (SSSR count). The molecule has 46 valence electrons. The van der Waals surface area contributed by atoms with Crippen LogP contribution in [0.5, 0.6) is 0 Å². The first-order valence-corrected chi connectivity index (χ1v) is 3.79. The van der Waals surface area contributed by atoms with E-state index in [1.54, 1.807) is 0 Å². The van der Waals surface area contributed by atoms with Crippen LogP contribution in [0.15, 0.2) is 30.8 Å². The number of benzene rings is 1. The van der Waals surface area contributed by atoms with E-state index < -0.39 is 0 Å². The lowest BCUT2D eigenvalue weighted by atomic mass is 10.2. The molecule has 0 fully saturated rings. The summed E-state index contributed by atoms with van der Waals surface area (Å²) in [5.41, 5.74) is 1.21. The summed E-state index contributed by atoms with van der Waals surface area (Å²) in [6.45, 7) is 3.69. The van der Waals surface area contributed by atoms with E-state index in [4.69, 9.17) is 0 Å². The van der Waals surface area contributed by atoms with Crippen molar-refractivity contribution in [2.75, 3.05) is 0 Å². The number of hydrogen-bond acceptors (Lipinski definition) is 0. The highest BCUT2D eigenvalue weighted by molar-refractivity contribution is 14.1. The van der Waals surface area contributed by atoms with E-state index in [2.05, 4.69) is 41.3 Å². The summed E-state index contributed by atoms with van der Waals surface area (Å²) >= 11 is 2.29. The third-order valence-corrected chi connectivity index (χ3v) is 2.11. The first-order chi connectivity index (χ1) is 4.34. The first kappa shape index (κ1) is 6.81. The van der Waals surface area contributed by atoms with Crippen molar-refractivity contribution in [2.24, 2.45) is 0 Å². The number of hydrogen-bond donors (Lipinski definition) is 0. The Hall–Kier alpha value is -0.310. The first-order valence-electron chi connectivity index (χ1n) is 2.71. The predicted molar refractivity (Wildman–Crippen MR) is 49.3 cm³/mol. The summed E-state index contributed by atoms with van der Waals surface area (Å²) in [6.07, 6.45) is 1.86. The maximum absolute atomic E-state index is 3.69. The highest BCUT2D eigenvalue weighted by Crippen LogP contribution is 2.11. The van der Waals surface area contributed by atoms with Crippen molar-refractivity contribution in [3.05, 3.63) is 40.0 Å². The molecule has 0 spiro atoms. The third-order valence-electron chi connectivity index (χ3n) is 1.13. The van der Waals surface area contributed by atoms with Gasteiger partial charge in [-0.15, -0.1) is 0 Å². The van der Waals surface area contributed by atoms with Gasteiger partial charge >= 0.3 is 0 Å². The van der Waals surface area contributed by atoms with Gasteiger partial charge in [0, 0.05) is 3.57 Å². The average Bonchev–Trinajstić information content (AvgIpc) is 1.89. The van der Waals surface area contributed by atoms with Crippen LogP contribution < -0.4 is 0 Å². The van der Waals surface area contributed by atoms with E-state index in [0.717, 1.165) is 0 Å².